The summed E-state index contributed by atoms with van der Waals surface area (Å²) in [7, 11) is 0. The Bertz CT molecular complexity index is 1470. The van der Waals surface area contributed by atoms with Crippen molar-refractivity contribution in [2.24, 2.45) is 0 Å². The first-order valence-electron chi connectivity index (χ1n) is 15.0. The van der Waals surface area contributed by atoms with E-state index in [-0.39, 0.29) is 29.6 Å². The Labute approximate surface area is 248 Å². The van der Waals surface area contributed by atoms with Crippen LogP contribution in [0.3, 0.4) is 0 Å². The first-order valence-corrected chi connectivity index (χ1v) is 15.0. The van der Waals surface area contributed by atoms with Crippen LogP contribution in [-0.2, 0) is 4.79 Å². The minimum absolute atomic E-state index is 0.00289. The molecule has 1 aliphatic heterocycles. The van der Waals surface area contributed by atoms with Gasteiger partial charge in [0.15, 0.2) is 5.60 Å². The Hall–Kier alpha value is -3.93. The van der Waals surface area contributed by atoms with Gasteiger partial charge in [-0.05, 0) is 118 Å². The highest BCUT2D eigenvalue weighted by Gasteiger charge is 2.33. The lowest BCUT2D eigenvalue weighted by molar-refractivity contribution is -0.135. The van der Waals surface area contributed by atoms with E-state index >= 15 is 0 Å². The molecule has 0 spiro atoms. The number of allylic oxidation sites excluding steroid dienone is 1. The molecule has 2 amide bonds. The summed E-state index contributed by atoms with van der Waals surface area (Å²) in [5.74, 6) is 0.463. The maximum absolute atomic E-state index is 13.8. The van der Waals surface area contributed by atoms with Crippen LogP contribution in [0.15, 0.2) is 78.9 Å². The molecule has 2 fully saturated rings. The Balaban J connectivity index is 1.24. The number of hydrogen-bond donors (Lipinski definition) is 1. The third-order valence-corrected chi connectivity index (χ3v) is 8.59. The fourth-order valence-corrected chi connectivity index (χ4v) is 5.97. The van der Waals surface area contributed by atoms with Gasteiger partial charge >= 0.3 is 0 Å². The second-order valence-electron chi connectivity index (χ2n) is 12.3. The molecule has 5 nitrogen and oxygen atoms in total. The lowest BCUT2D eigenvalue weighted by Crippen LogP contribution is -2.50. The third kappa shape index (κ3) is 6.92. The molecule has 1 N–H and O–H groups in total. The maximum atomic E-state index is 13.8. The number of nitrogens with zero attached hydrogens (tertiary/aromatic N) is 1. The normalized spacial score (nSPS) is 18.0. The smallest absolute Gasteiger partial charge is 0.263 e. The summed E-state index contributed by atoms with van der Waals surface area (Å²) in [4.78, 5) is 28.6. The molecule has 0 aromatic heterocycles. The monoisotopic (exact) mass is 568 g/mol. The molecule has 1 unspecified atom stereocenters. The molecule has 3 aromatic carbocycles. The largest absolute Gasteiger partial charge is 0.478 e. The number of halogens is 1. The van der Waals surface area contributed by atoms with Crippen molar-refractivity contribution >= 4 is 11.8 Å². The van der Waals surface area contributed by atoms with Crippen molar-refractivity contribution in [2.45, 2.75) is 76.9 Å². The van der Waals surface area contributed by atoms with Crippen molar-refractivity contribution in [3.8, 4) is 16.9 Å². The molecule has 5 rings (SSSR count). The molecular weight excluding hydrogens is 527 g/mol. The molecule has 1 aliphatic carbocycles. The number of nitrogens with one attached hydrogen (secondary N) is 1. The summed E-state index contributed by atoms with van der Waals surface area (Å²) in [6.07, 6.45) is 5.62. The lowest BCUT2D eigenvalue weighted by atomic mass is 9.90. The predicted octanol–water partition coefficient (Wildman–Crippen LogP) is 7.59. The molecule has 42 heavy (non-hydrogen) atoms. The van der Waals surface area contributed by atoms with E-state index in [9.17, 15) is 14.0 Å². The fraction of sp³-hybridized carbons (Fsp3) is 0.389. The van der Waals surface area contributed by atoms with Gasteiger partial charge in [-0.1, -0.05) is 42.5 Å². The predicted molar refractivity (Wildman–Crippen MR) is 165 cm³/mol. The average molecular weight is 569 g/mol. The second kappa shape index (κ2) is 12.5. The van der Waals surface area contributed by atoms with E-state index in [4.69, 9.17) is 4.74 Å². The molecular formula is C36H41FN2O3. The minimum Gasteiger partial charge on any atom is -0.478 e. The molecule has 2 aliphatic rings. The summed E-state index contributed by atoms with van der Waals surface area (Å²) in [5, 5.41) is 3.17. The molecule has 1 heterocycles. The number of carbonyl (C=O) groups is 2. The van der Waals surface area contributed by atoms with Crippen molar-refractivity contribution in [1.82, 2.24) is 10.2 Å². The summed E-state index contributed by atoms with van der Waals surface area (Å²) >= 11 is 0. The van der Waals surface area contributed by atoms with Crippen molar-refractivity contribution < 1.29 is 18.7 Å². The van der Waals surface area contributed by atoms with Crippen LogP contribution in [0.2, 0.25) is 0 Å². The van der Waals surface area contributed by atoms with E-state index in [1.165, 1.54) is 11.6 Å². The lowest BCUT2D eigenvalue weighted by Gasteiger charge is -2.34. The van der Waals surface area contributed by atoms with Crippen molar-refractivity contribution in [3.63, 3.8) is 0 Å². The molecule has 3 aromatic rings. The SMILES string of the molecule is C=C1CCC(NC(=O)C(C)(C)Oc2cccc(C3CCCN(C(=O)c4cccc(-c5ccc(F)c(C)c5)c4)C3)c2)CC1. The van der Waals surface area contributed by atoms with E-state index in [1.807, 2.05) is 53.4 Å². The minimum atomic E-state index is -1.02. The van der Waals surface area contributed by atoms with Crippen LogP contribution < -0.4 is 10.1 Å². The van der Waals surface area contributed by atoms with Crippen LogP contribution in [0.25, 0.3) is 11.1 Å². The van der Waals surface area contributed by atoms with Gasteiger partial charge in [-0.3, -0.25) is 9.59 Å². The molecule has 0 radical (unpaired) electrons. The number of aryl methyl sites for hydroxylation is 1. The van der Waals surface area contributed by atoms with Gasteiger partial charge in [-0.2, -0.15) is 0 Å². The summed E-state index contributed by atoms with van der Waals surface area (Å²) in [6.45, 7) is 10.7. The van der Waals surface area contributed by atoms with Gasteiger partial charge in [0, 0.05) is 30.6 Å². The van der Waals surface area contributed by atoms with E-state index in [2.05, 4.69) is 18.0 Å². The quantitative estimate of drug-likeness (QED) is 0.299. The van der Waals surface area contributed by atoms with Gasteiger partial charge < -0.3 is 15.0 Å². The van der Waals surface area contributed by atoms with Gasteiger partial charge in [0.1, 0.15) is 11.6 Å². The van der Waals surface area contributed by atoms with E-state index in [0.29, 0.717) is 30.0 Å². The zero-order valence-electron chi connectivity index (χ0n) is 24.9. The van der Waals surface area contributed by atoms with Gasteiger partial charge in [0.2, 0.25) is 0 Å². The standard InChI is InChI=1S/C36H41FN2O3/c1-24-13-16-31(17-14-24)38-35(41)36(3,4)42-32-12-6-9-27(22-32)30-11-7-19-39(23-30)34(40)29-10-5-8-26(21-29)28-15-18-33(37)25(2)20-28/h5-6,8-10,12,15,18,20-22,30-31H,1,7,11,13-14,16-17,19,23H2,2-4H3,(H,38,41). The Kier molecular flexibility index (Phi) is 8.81. The first kappa shape index (κ1) is 29.6. The maximum Gasteiger partial charge on any atom is 0.263 e. The highest BCUT2D eigenvalue weighted by Crippen LogP contribution is 2.32. The Morgan fingerprint density at radius 3 is 2.48 bits per heavy atom. The first-order chi connectivity index (χ1) is 20.1. The third-order valence-electron chi connectivity index (χ3n) is 8.59. The van der Waals surface area contributed by atoms with Gasteiger partial charge in [-0.15, -0.1) is 0 Å². The molecule has 0 bridgehead atoms. The van der Waals surface area contributed by atoms with E-state index in [1.54, 1.807) is 26.8 Å². The summed E-state index contributed by atoms with van der Waals surface area (Å²) < 4.78 is 20.0. The summed E-state index contributed by atoms with van der Waals surface area (Å²) in [5.41, 5.74) is 4.32. The molecule has 1 saturated heterocycles. The van der Waals surface area contributed by atoms with Gasteiger partial charge in [0.05, 0.1) is 0 Å². The van der Waals surface area contributed by atoms with Crippen molar-refractivity contribution in [3.05, 3.63) is 101 Å². The number of hydrogen-bond acceptors (Lipinski definition) is 3. The van der Waals surface area contributed by atoms with Crippen LogP contribution in [0.5, 0.6) is 5.75 Å². The number of ether oxygens (including phenoxy) is 1. The van der Waals surface area contributed by atoms with Crippen LogP contribution >= 0.6 is 0 Å². The van der Waals surface area contributed by atoms with Crippen LogP contribution in [0.1, 0.15) is 79.8 Å². The summed E-state index contributed by atoms with van der Waals surface area (Å²) in [6, 6.07) is 20.7. The van der Waals surface area contributed by atoms with Crippen LogP contribution in [0.4, 0.5) is 4.39 Å². The Morgan fingerprint density at radius 2 is 1.71 bits per heavy atom. The zero-order valence-corrected chi connectivity index (χ0v) is 24.9. The Morgan fingerprint density at radius 1 is 0.976 bits per heavy atom. The van der Waals surface area contributed by atoms with Crippen molar-refractivity contribution in [2.75, 3.05) is 13.1 Å². The number of piperidine rings is 1. The topological polar surface area (TPSA) is 58.6 Å². The fourth-order valence-electron chi connectivity index (χ4n) is 5.97. The zero-order chi connectivity index (χ0) is 29.9. The molecule has 220 valence electrons. The number of amides is 2. The average Bonchev–Trinajstić information content (AvgIpc) is 2.99. The van der Waals surface area contributed by atoms with Gasteiger partial charge in [-0.25, -0.2) is 4.39 Å². The van der Waals surface area contributed by atoms with Gasteiger partial charge in [0.25, 0.3) is 11.8 Å². The number of likely N-dealkylation sites (tertiary alicyclic amines) is 1. The molecule has 6 heteroatoms. The highest BCUT2D eigenvalue weighted by atomic mass is 19.1. The molecule has 1 saturated carbocycles. The number of carbonyl (C=O) groups excluding carboxylic acids is 2. The van der Waals surface area contributed by atoms with E-state index in [0.717, 1.165) is 55.2 Å². The van der Waals surface area contributed by atoms with Crippen LogP contribution in [-0.4, -0.2) is 41.4 Å². The van der Waals surface area contributed by atoms with E-state index < -0.39 is 5.60 Å². The van der Waals surface area contributed by atoms with Crippen molar-refractivity contribution in [1.29, 1.82) is 0 Å². The number of benzene rings is 3. The number of rotatable bonds is 7. The van der Waals surface area contributed by atoms with Crippen LogP contribution in [0, 0.1) is 12.7 Å². The molecule has 1 atom stereocenters. The second-order valence-corrected chi connectivity index (χ2v) is 12.3. The highest BCUT2D eigenvalue weighted by molar-refractivity contribution is 5.95.